The first-order chi connectivity index (χ1) is 11.0. The average Bonchev–Trinajstić information content (AvgIpc) is 2.95. The van der Waals surface area contributed by atoms with Crippen LogP contribution in [0.15, 0.2) is 18.2 Å². The maximum atomic E-state index is 14.0. The largest absolute Gasteiger partial charge is 0.326 e. The molecule has 1 aliphatic rings. The van der Waals surface area contributed by atoms with Crippen molar-refractivity contribution in [3.05, 3.63) is 29.8 Å². The summed E-state index contributed by atoms with van der Waals surface area (Å²) in [6.07, 6.45) is 1.60. The van der Waals surface area contributed by atoms with Gasteiger partial charge in [-0.2, -0.15) is 4.68 Å². The number of benzene rings is 1. The third-order valence-electron chi connectivity index (χ3n) is 4.06. The third-order valence-corrected chi connectivity index (χ3v) is 4.06. The number of hydrogen-bond acceptors (Lipinski definition) is 5. The molecule has 1 fully saturated rings. The molecular formula is C15H19FN6O. The molecule has 1 aliphatic heterocycles. The van der Waals surface area contributed by atoms with Crippen molar-refractivity contribution in [3.8, 4) is 5.69 Å². The summed E-state index contributed by atoms with van der Waals surface area (Å²) in [7, 11) is 0. The van der Waals surface area contributed by atoms with Gasteiger partial charge in [-0.3, -0.25) is 4.79 Å². The number of piperidine rings is 1. The third kappa shape index (κ3) is 3.37. The van der Waals surface area contributed by atoms with Crippen molar-refractivity contribution in [2.75, 3.05) is 11.9 Å². The molecule has 1 amide bonds. The zero-order chi connectivity index (χ0) is 16.4. The molecule has 3 rings (SSSR count). The van der Waals surface area contributed by atoms with Gasteiger partial charge in [-0.1, -0.05) is 0 Å². The van der Waals surface area contributed by atoms with Gasteiger partial charge in [0.15, 0.2) is 5.82 Å². The Morgan fingerprint density at radius 3 is 3.00 bits per heavy atom. The second kappa shape index (κ2) is 6.41. The molecular weight excluding hydrogens is 299 g/mol. The molecule has 0 spiro atoms. The van der Waals surface area contributed by atoms with E-state index < -0.39 is 5.82 Å². The molecule has 23 heavy (non-hydrogen) atoms. The predicted molar refractivity (Wildman–Crippen MR) is 82.7 cm³/mol. The van der Waals surface area contributed by atoms with Crippen LogP contribution < -0.4 is 10.6 Å². The normalized spacial score (nSPS) is 21.2. The molecule has 8 heteroatoms. The molecule has 122 valence electrons. The molecule has 7 nitrogen and oxygen atoms in total. The monoisotopic (exact) mass is 318 g/mol. The number of aryl methyl sites for hydroxylation is 1. The lowest BCUT2D eigenvalue weighted by Gasteiger charge is -2.27. The van der Waals surface area contributed by atoms with E-state index in [1.165, 1.54) is 10.7 Å². The summed E-state index contributed by atoms with van der Waals surface area (Å²) in [6, 6.07) is 4.71. The highest BCUT2D eigenvalue weighted by Gasteiger charge is 2.25. The molecule has 0 saturated carbocycles. The molecule has 1 aromatic heterocycles. The first kappa shape index (κ1) is 15.5. The minimum Gasteiger partial charge on any atom is -0.326 e. The van der Waals surface area contributed by atoms with E-state index in [4.69, 9.17) is 0 Å². The lowest BCUT2D eigenvalue weighted by Crippen LogP contribution is -2.40. The van der Waals surface area contributed by atoms with E-state index in [2.05, 4.69) is 33.1 Å². The second-order valence-electron chi connectivity index (χ2n) is 5.87. The second-order valence-corrected chi connectivity index (χ2v) is 5.87. The van der Waals surface area contributed by atoms with Crippen molar-refractivity contribution in [1.82, 2.24) is 25.5 Å². The van der Waals surface area contributed by atoms with Gasteiger partial charge < -0.3 is 10.6 Å². The van der Waals surface area contributed by atoms with Crippen LogP contribution in [0.2, 0.25) is 0 Å². The fourth-order valence-electron chi connectivity index (χ4n) is 2.82. The topological polar surface area (TPSA) is 84.7 Å². The van der Waals surface area contributed by atoms with Crippen LogP contribution in [0.3, 0.4) is 0 Å². The zero-order valence-corrected chi connectivity index (χ0v) is 13.1. The lowest BCUT2D eigenvalue weighted by atomic mass is 9.92. The first-order valence-electron chi connectivity index (χ1n) is 7.63. The summed E-state index contributed by atoms with van der Waals surface area (Å²) in [4.78, 5) is 12.4. The summed E-state index contributed by atoms with van der Waals surface area (Å²) in [5, 5.41) is 17.2. The molecule has 0 bridgehead atoms. The average molecular weight is 318 g/mol. The van der Waals surface area contributed by atoms with Gasteiger partial charge in [-0.05, 0) is 61.9 Å². The van der Waals surface area contributed by atoms with Gasteiger partial charge >= 0.3 is 0 Å². The Hall–Kier alpha value is -2.35. The smallest absolute Gasteiger partial charge is 0.227 e. The molecule has 2 atom stereocenters. The summed E-state index contributed by atoms with van der Waals surface area (Å²) in [5.74, 6) is -0.0488. The van der Waals surface area contributed by atoms with Gasteiger partial charge in [0, 0.05) is 17.6 Å². The Kier molecular flexibility index (Phi) is 4.33. The maximum Gasteiger partial charge on any atom is 0.227 e. The van der Waals surface area contributed by atoms with E-state index in [0.29, 0.717) is 17.6 Å². The quantitative estimate of drug-likeness (QED) is 0.894. The SMILES string of the molecule is Cc1nnnn1-c1cc(NC(=O)[C@H]2CCN[C@@H](C)C2)ccc1F. The predicted octanol–water partition coefficient (Wildman–Crippen LogP) is 1.44. The molecule has 2 heterocycles. The van der Waals surface area contributed by atoms with Gasteiger partial charge in [0.2, 0.25) is 5.91 Å². The van der Waals surface area contributed by atoms with Gasteiger partial charge in [0.1, 0.15) is 11.5 Å². The maximum absolute atomic E-state index is 14.0. The Balaban J connectivity index is 1.79. The number of halogens is 1. The van der Waals surface area contributed by atoms with Crippen LogP contribution >= 0.6 is 0 Å². The fraction of sp³-hybridized carbons (Fsp3) is 0.467. The first-order valence-corrected chi connectivity index (χ1v) is 7.63. The number of anilines is 1. The van der Waals surface area contributed by atoms with Crippen LogP contribution in [-0.2, 0) is 4.79 Å². The number of amides is 1. The minimum atomic E-state index is -0.450. The molecule has 2 aromatic rings. The van der Waals surface area contributed by atoms with Crippen molar-refractivity contribution in [2.24, 2.45) is 5.92 Å². The van der Waals surface area contributed by atoms with Crippen LogP contribution in [0.1, 0.15) is 25.6 Å². The minimum absolute atomic E-state index is 0.0328. The Morgan fingerprint density at radius 2 is 2.30 bits per heavy atom. The van der Waals surface area contributed by atoms with Crippen LogP contribution in [0.25, 0.3) is 5.69 Å². The van der Waals surface area contributed by atoms with E-state index in [1.54, 1.807) is 19.1 Å². The van der Waals surface area contributed by atoms with Crippen LogP contribution in [0.4, 0.5) is 10.1 Å². The number of carbonyl (C=O) groups excluding carboxylic acids is 1. The van der Waals surface area contributed by atoms with Gasteiger partial charge in [0.05, 0.1) is 0 Å². The van der Waals surface area contributed by atoms with Gasteiger partial charge in [-0.25, -0.2) is 4.39 Å². The Labute approximate surface area is 133 Å². The van der Waals surface area contributed by atoms with Crippen LogP contribution in [-0.4, -0.2) is 38.7 Å². The van der Waals surface area contributed by atoms with E-state index in [9.17, 15) is 9.18 Å². The summed E-state index contributed by atoms with van der Waals surface area (Å²) < 4.78 is 15.3. The Morgan fingerprint density at radius 1 is 1.48 bits per heavy atom. The van der Waals surface area contributed by atoms with Crippen molar-refractivity contribution in [2.45, 2.75) is 32.7 Å². The lowest BCUT2D eigenvalue weighted by molar-refractivity contribution is -0.120. The highest BCUT2D eigenvalue weighted by atomic mass is 19.1. The van der Waals surface area contributed by atoms with E-state index in [-0.39, 0.29) is 17.5 Å². The summed E-state index contributed by atoms with van der Waals surface area (Å²) in [6.45, 7) is 4.58. The highest BCUT2D eigenvalue weighted by Crippen LogP contribution is 2.22. The molecule has 1 saturated heterocycles. The van der Waals surface area contributed by atoms with Crippen molar-refractivity contribution < 1.29 is 9.18 Å². The number of hydrogen-bond donors (Lipinski definition) is 2. The molecule has 0 aliphatic carbocycles. The number of rotatable bonds is 3. The summed E-state index contributed by atoms with van der Waals surface area (Å²) in [5.41, 5.74) is 0.747. The number of tetrazole rings is 1. The fourth-order valence-corrected chi connectivity index (χ4v) is 2.82. The van der Waals surface area contributed by atoms with Crippen LogP contribution in [0, 0.1) is 18.7 Å². The standard InChI is InChI=1S/C15H19FN6O/c1-9-7-11(5-6-17-9)15(23)18-12-3-4-13(16)14(8-12)22-10(2)19-20-21-22/h3-4,8-9,11,17H,5-7H2,1-2H3,(H,18,23)/t9-,11-/m0/s1. The van der Waals surface area contributed by atoms with Crippen molar-refractivity contribution >= 4 is 11.6 Å². The summed E-state index contributed by atoms with van der Waals surface area (Å²) >= 11 is 0. The van der Waals surface area contributed by atoms with Crippen LogP contribution in [0.5, 0.6) is 0 Å². The number of aromatic nitrogens is 4. The van der Waals surface area contributed by atoms with E-state index >= 15 is 0 Å². The van der Waals surface area contributed by atoms with E-state index in [1.807, 2.05) is 0 Å². The van der Waals surface area contributed by atoms with Gasteiger partial charge in [-0.15, -0.1) is 5.10 Å². The zero-order valence-electron chi connectivity index (χ0n) is 13.1. The van der Waals surface area contributed by atoms with Gasteiger partial charge in [0.25, 0.3) is 0 Å². The van der Waals surface area contributed by atoms with Crippen molar-refractivity contribution in [1.29, 1.82) is 0 Å². The molecule has 1 aromatic carbocycles. The Bertz CT molecular complexity index is 716. The molecule has 0 radical (unpaired) electrons. The number of nitrogens with zero attached hydrogens (tertiary/aromatic N) is 4. The van der Waals surface area contributed by atoms with E-state index in [0.717, 1.165) is 19.4 Å². The molecule has 2 N–H and O–H groups in total. The van der Waals surface area contributed by atoms with Crippen molar-refractivity contribution in [3.63, 3.8) is 0 Å². The number of carbonyl (C=O) groups is 1. The highest BCUT2D eigenvalue weighted by molar-refractivity contribution is 5.92. The number of nitrogens with one attached hydrogen (secondary N) is 2. The molecule has 0 unspecified atom stereocenters.